The second-order valence-electron chi connectivity index (χ2n) is 8.25. The summed E-state index contributed by atoms with van der Waals surface area (Å²) in [5.41, 5.74) is 0.944. The molecule has 29 heavy (non-hydrogen) atoms. The molecular weight excluding hydrogens is 372 g/mol. The highest BCUT2D eigenvalue weighted by Gasteiger charge is 2.32. The Labute approximate surface area is 170 Å². The van der Waals surface area contributed by atoms with E-state index in [9.17, 15) is 19.7 Å². The molecule has 3 saturated heterocycles. The topological polar surface area (TPSA) is 87.0 Å². The standard InChI is InChI=1S/C21H28N4O4/c26-20(23-11-3-4-12-23)16-7-13-24(14-8-16)21(27)17-5-6-18(19(15-17)25(28)29)22-9-1-2-10-22/h5-6,15-16H,1-4,7-14H2. The molecule has 0 unspecified atom stereocenters. The first-order valence-electron chi connectivity index (χ1n) is 10.7. The Kier molecular flexibility index (Phi) is 5.69. The second-order valence-corrected chi connectivity index (χ2v) is 8.25. The zero-order valence-electron chi connectivity index (χ0n) is 16.7. The van der Waals surface area contributed by atoms with Crippen LogP contribution in [0.4, 0.5) is 11.4 Å². The van der Waals surface area contributed by atoms with Crippen LogP contribution in [0.1, 0.15) is 48.9 Å². The van der Waals surface area contributed by atoms with Gasteiger partial charge in [-0.15, -0.1) is 0 Å². The van der Waals surface area contributed by atoms with E-state index in [0.717, 1.165) is 51.9 Å². The number of nitro benzene ring substituents is 1. The number of benzene rings is 1. The largest absolute Gasteiger partial charge is 0.366 e. The average molecular weight is 400 g/mol. The van der Waals surface area contributed by atoms with Crippen molar-refractivity contribution < 1.29 is 14.5 Å². The molecule has 3 aliphatic rings. The van der Waals surface area contributed by atoms with Gasteiger partial charge in [0.25, 0.3) is 11.6 Å². The van der Waals surface area contributed by atoms with E-state index in [4.69, 9.17) is 0 Å². The van der Waals surface area contributed by atoms with E-state index in [0.29, 0.717) is 37.2 Å². The van der Waals surface area contributed by atoms with Crippen LogP contribution < -0.4 is 4.90 Å². The van der Waals surface area contributed by atoms with Crippen LogP contribution in [0.5, 0.6) is 0 Å². The lowest BCUT2D eigenvalue weighted by Crippen LogP contribution is -2.43. The summed E-state index contributed by atoms with van der Waals surface area (Å²) < 4.78 is 0. The van der Waals surface area contributed by atoms with Crippen molar-refractivity contribution in [3.05, 3.63) is 33.9 Å². The number of piperidine rings is 1. The molecule has 0 spiro atoms. The Balaban J connectivity index is 1.42. The molecule has 156 valence electrons. The van der Waals surface area contributed by atoms with E-state index >= 15 is 0 Å². The first-order chi connectivity index (χ1) is 14.0. The number of carbonyl (C=O) groups excluding carboxylic acids is 2. The van der Waals surface area contributed by atoms with Crippen molar-refractivity contribution in [3.63, 3.8) is 0 Å². The second kappa shape index (κ2) is 8.39. The summed E-state index contributed by atoms with van der Waals surface area (Å²) >= 11 is 0. The summed E-state index contributed by atoms with van der Waals surface area (Å²) in [4.78, 5) is 42.4. The minimum Gasteiger partial charge on any atom is -0.366 e. The van der Waals surface area contributed by atoms with Gasteiger partial charge < -0.3 is 14.7 Å². The molecule has 3 aliphatic heterocycles. The van der Waals surface area contributed by atoms with Gasteiger partial charge in [-0.05, 0) is 50.7 Å². The van der Waals surface area contributed by atoms with Gasteiger partial charge in [-0.1, -0.05) is 0 Å². The minimum atomic E-state index is -0.397. The molecule has 3 fully saturated rings. The Morgan fingerprint density at radius 1 is 0.897 bits per heavy atom. The normalized spacial score (nSPS) is 20.3. The summed E-state index contributed by atoms with van der Waals surface area (Å²) in [6.45, 7) is 4.37. The van der Waals surface area contributed by atoms with E-state index in [-0.39, 0.29) is 23.4 Å². The minimum absolute atomic E-state index is 0.00292. The molecule has 8 heteroatoms. The fourth-order valence-corrected chi connectivity index (χ4v) is 4.74. The van der Waals surface area contributed by atoms with Crippen molar-refractivity contribution in [1.29, 1.82) is 0 Å². The fourth-order valence-electron chi connectivity index (χ4n) is 4.74. The lowest BCUT2D eigenvalue weighted by Gasteiger charge is -2.33. The molecule has 0 radical (unpaired) electrons. The molecular formula is C21H28N4O4. The number of likely N-dealkylation sites (tertiary alicyclic amines) is 2. The summed E-state index contributed by atoms with van der Waals surface area (Å²) in [5, 5.41) is 11.6. The fraction of sp³-hybridized carbons (Fsp3) is 0.619. The average Bonchev–Trinajstić information content (AvgIpc) is 3.46. The molecule has 2 amide bonds. The number of hydrogen-bond donors (Lipinski definition) is 0. The maximum absolute atomic E-state index is 12.9. The van der Waals surface area contributed by atoms with Gasteiger partial charge in [0.1, 0.15) is 5.69 Å². The van der Waals surface area contributed by atoms with Crippen LogP contribution in [0.3, 0.4) is 0 Å². The predicted molar refractivity (Wildman–Crippen MR) is 109 cm³/mol. The van der Waals surface area contributed by atoms with Crippen molar-refractivity contribution in [2.75, 3.05) is 44.2 Å². The van der Waals surface area contributed by atoms with Gasteiger partial charge in [0.15, 0.2) is 0 Å². The summed E-state index contributed by atoms with van der Waals surface area (Å²) in [6.07, 6.45) is 5.54. The van der Waals surface area contributed by atoms with Crippen LogP contribution in [0, 0.1) is 16.0 Å². The van der Waals surface area contributed by atoms with Crippen molar-refractivity contribution in [3.8, 4) is 0 Å². The third kappa shape index (κ3) is 4.06. The van der Waals surface area contributed by atoms with E-state index in [1.807, 2.05) is 9.80 Å². The monoisotopic (exact) mass is 400 g/mol. The highest BCUT2D eigenvalue weighted by Crippen LogP contribution is 2.32. The van der Waals surface area contributed by atoms with Gasteiger partial charge in [0.2, 0.25) is 5.91 Å². The quantitative estimate of drug-likeness (QED) is 0.573. The summed E-state index contributed by atoms with van der Waals surface area (Å²) in [5.74, 6) is 0.0253. The Morgan fingerprint density at radius 3 is 2.14 bits per heavy atom. The lowest BCUT2D eigenvalue weighted by molar-refractivity contribution is -0.384. The van der Waals surface area contributed by atoms with Crippen LogP contribution in [0.15, 0.2) is 18.2 Å². The van der Waals surface area contributed by atoms with Gasteiger partial charge in [-0.3, -0.25) is 19.7 Å². The highest BCUT2D eigenvalue weighted by atomic mass is 16.6. The maximum Gasteiger partial charge on any atom is 0.293 e. The number of rotatable bonds is 4. The smallest absolute Gasteiger partial charge is 0.293 e. The zero-order valence-corrected chi connectivity index (χ0v) is 16.7. The van der Waals surface area contributed by atoms with E-state index in [1.165, 1.54) is 6.07 Å². The van der Waals surface area contributed by atoms with Crippen LogP contribution in [-0.4, -0.2) is 65.8 Å². The molecule has 0 aliphatic carbocycles. The van der Waals surface area contributed by atoms with Gasteiger partial charge in [0.05, 0.1) is 4.92 Å². The molecule has 0 saturated carbocycles. The summed E-state index contributed by atoms with van der Waals surface area (Å²) in [6, 6.07) is 4.82. The lowest BCUT2D eigenvalue weighted by atomic mass is 9.95. The van der Waals surface area contributed by atoms with Gasteiger partial charge in [-0.2, -0.15) is 0 Å². The van der Waals surface area contributed by atoms with Crippen molar-refractivity contribution in [2.24, 2.45) is 5.92 Å². The molecule has 1 aromatic rings. The van der Waals surface area contributed by atoms with E-state index < -0.39 is 4.92 Å². The number of nitro groups is 1. The van der Waals surface area contributed by atoms with Crippen LogP contribution >= 0.6 is 0 Å². The number of nitrogens with zero attached hydrogens (tertiary/aromatic N) is 4. The molecule has 0 N–H and O–H groups in total. The molecule has 3 heterocycles. The first kappa shape index (κ1) is 19.7. The first-order valence-corrected chi connectivity index (χ1v) is 10.7. The molecule has 1 aromatic carbocycles. The van der Waals surface area contributed by atoms with Gasteiger partial charge in [-0.25, -0.2) is 0 Å². The number of carbonyl (C=O) groups is 2. The Morgan fingerprint density at radius 2 is 1.52 bits per heavy atom. The molecule has 4 rings (SSSR count). The highest BCUT2D eigenvalue weighted by molar-refractivity contribution is 5.96. The molecule has 0 bridgehead atoms. The SMILES string of the molecule is O=C(c1ccc(N2CCCC2)c([N+](=O)[O-])c1)N1CCC(C(=O)N2CCCC2)CC1. The Hall–Kier alpha value is -2.64. The van der Waals surface area contributed by atoms with Crippen molar-refractivity contribution in [1.82, 2.24) is 9.80 Å². The number of amides is 2. The van der Waals surface area contributed by atoms with Crippen molar-refractivity contribution >= 4 is 23.2 Å². The molecule has 8 nitrogen and oxygen atoms in total. The van der Waals surface area contributed by atoms with Crippen molar-refractivity contribution in [2.45, 2.75) is 38.5 Å². The molecule has 0 aromatic heterocycles. The Bertz CT molecular complexity index is 792. The molecule has 0 atom stereocenters. The third-order valence-electron chi connectivity index (χ3n) is 6.41. The number of anilines is 1. The zero-order chi connectivity index (χ0) is 20.4. The van der Waals surface area contributed by atoms with Crippen LogP contribution in [0.2, 0.25) is 0 Å². The van der Waals surface area contributed by atoms with Crippen LogP contribution in [0.25, 0.3) is 0 Å². The van der Waals surface area contributed by atoms with E-state index in [1.54, 1.807) is 17.0 Å². The van der Waals surface area contributed by atoms with Gasteiger partial charge >= 0.3 is 0 Å². The predicted octanol–water partition coefficient (Wildman–Crippen LogP) is 2.67. The number of hydrogen-bond acceptors (Lipinski definition) is 5. The third-order valence-corrected chi connectivity index (χ3v) is 6.41. The van der Waals surface area contributed by atoms with Gasteiger partial charge in [0, 0.05) is 56.8 Å². The summed E-state index contributed by atoms with van der Waals surface area (Å²) in [7, 11) is 0. The maximum atomic E-state index is 12.9. The van der Waals surface area contributed by atoms with E-state index in [2.05, 4.69) is 0 Å². The van der Waals surface area contributed by atoms with Crippen LogP contribution in [-0.2, 0) is 4.79 Å².